The van der Waals surface area contributed by atoms with Gasteiger partial charge in [0.15, 0.2) is 5.82 Å². The Labute approximate surface area is 264 Å². The first-order chi connectivity index (χ1) is 22.2. The highest BCUT2D eigenvalue weighted by molar-refractivity contribution is 5.97. The highest BCUT2D eigenvalue weighted by Crippen LogP contribution is 2.33. The highest BCUT2D eigenvalue weighted by atomic mass is 19.1. The van der Waals surface area contributed by atoms with Gasteiger partial charge in [0.2, 0.25) is 5.91 Å². The number of imidazole rings is 1. The Bertz CT molecular complexity index is 2060. The second-order valence-electron chi connectivity index (χ2n) is 12.6. The van der Waals surface area contributed by atoms with E-state index in [0.29, 0.717) is 52.0 Å². The summed E-state index contributed by atoms with van der Waals surface area (Å²) in [4.78, 5) is 36.6. The Morgan fingerprint density at radius 2 is 1.85 bits per heavy atom. The molecule has 1 aliphatic rings. The Hall–Kier alpha value is -5.23. The van der Waals surface area contributed by atoms with Crippen molar-refractivity contribution in [1.82, 2.24) is 40.0 Å². The number of ether oxygens (including phenoxy) is 1. The van der Waals surface area contributed by atoms with Crippen LogP contribution in [-0.4, -0.2) is 72.2 Å². The van der Waals surface area contributed by atoms with Gasteiger partial charge in [0.05, 0.1) is 40.5 Å². The van der Waals surface area contributed by atoms with Crippen molar-refractivity contribution < 1.29 is 13.9 Å². The molecule has 6 heterocycles. The summed E-state index contributed by atoms with van der Waals surface area (Å²) >= 11 is 0. The molecule has 0 aliphatic carbocycles. The fraction of sp³-hybridized carbons (Fsp3) is 0.294. The van der Waals surface area contributed by atoms with Crippen LogP contribution in [-0.2, 0) is 4.79 Å². The summed E-state index contributed by atoms with van der Waals surface area (Å²) in [5, 5.41) is 11.3. The van der Waals surface area contributed by atoms with Gasteiger partial charge in [-0.1, -0.05) is 20.8 Å². The van der Waals surface area contributed by atoms with E-state index in [4.69, 9.17) is 9.72 Å². The van der Waals surface area contributed by atoms with Crippen LogP contribution in [0.2, 0.25) is 0 Å². The number of nitrogens with one attached hydrogen (secondary N) is 3. The minimum Gasteiger partial charge on any atom is -0.492 e. The second-order valence-corrected chi connectivity index (χ2v) is 12.6. The molecular formula is C34H34FN9O2. The van der Waals surface area contributed by atoms with Crippen molar-refractivity contribution in [3.8, 4) is 39.8 Å². The maximum Gasteiger partial charge on any atom is 0.229 e. The molecule has 7 rings (SSSR count). The van der Waals surface area contributed by atoms with Crippen LogP contribution >= 0.6 is 0 Å². The van der Waals surface area contributed by atoms with E-state index >= 15 is 0 Å². The van der Waals surface area contributed by atoms with Crippen LogP contribution in [0, 0.1) is 11.2 Å². The highest BCUT2D eigenvalue weighted by Gasteiger charge is 2.22. The summed E-state index contributed by atoms with van der Waals surface area (Å²) in [5.74, 6) is 0.470. The maximum atomic E-state index is 14.8. The summed E-state index contributed by atoms with van der Waals surface area (Å²) in [6.45, 7) is 9.02. The molecule has 5 aromatic heterocycles. The third kappa shape index (κ3) is 6.03. The average Bonchev–Trinajstić information content (AvgIpc) is 3.80. The molecule has 6 aromatic rings. The van der Waals surface area contributed by atoms with Gasteiger partial charge < -0.3 is 15.0 Å². The molecule has 234 valence electrons. The van der Waals surface area contributed by atoms with E-state index in [1.165, 1.54) is 25.0 Å². The SMILES string of the molecule is CC(C)(C)C(=O)Nc1cncc(-c2cc3c(-c4nc5c(-c6cc(F)cc(OCCN7CCCC7)c6)nccc5[nH]4)n[nH]c3cn2)c1. The van der Waals surface area contributed by atoms with Gasteiger partial charge in [0.1, 0.15) is 29.4 Å². The topological polar surface area (TPSA) is 138 Å². The largest absolute Gasteiger partial charge is 0.492 e. The van der Waals surface area contributed by atoms with Crippen molar-refractivity contribution in [3.05, 3.63) is 67.0 Å². The first-order valence-corrected chi connectivity index (χ1v) is 15.3. The van der Waals surface area contributed by atoms with Crippen LogP contribution in [0.4, 0.5) is 10.1 Å². The van der Waals surface area contributed by atoms with Crippen LogP contribution in [0.25, 0.3) is 56.0 Å². The first-order valence-electron chi connectivity index (χ1n) is 15.3. The number of pyridine rings is 3. The smallest absolute Gasteiger partial charge is 0.229 e. The molecular weight excluding hydrogens is 585 g/mol. The molecule has 46 heavy (non-hydrogen) atoms. The second kappa shape index (κ2) is 11.9. The molecule has 0 unspecified atom stereocenters. The number of hydrogen-bond donors (Lipinski definition) is 3. The van der Waals surface area contributed by atoms with Crippen molar-refractivity contribution in [2.75, 3.05) is 31.6 Å². The van der Waals surface area contributed by atoms with Gasteiger partial charge in [-0.25, -0.2) is 9.37 Å². The number of amides is 1. The summed E-state index contributed by atoms with van der Waals surface area (Å²) < 4.78 is 20.7. The number of carbonyl (C=O) groups excluding carboxylic acids is 1. The molecule has 0 bridgehead atoms. The van der Waals surface area contributed by atoms with Crippen molar-refractivity contribution >= 4 is 33.5 Å². The molecule has 1 fully saturated rings. The van der Waals surface area contributed by atoms with Crippen LogP contribution in [0.3, 0.4) is 0 Å². The quantitative estimate of drug-likeness (QED) is 0.183. The Balaban J connectivity index is 1.19. The summed E-state index contributed by atoms with van der Waals surface area (Å²) in [6, 6.07) is 10.2. The van der Waals surface area contributed by atoms with Gasteiger partial charge in [-0.3, -0.25) is 29.7 Å². The monoisotopic (exact) mass is 619 g/mol. The molecule has 0 atom stereocenters. The standard InChI is InChI=1S/C34H34FN9O2/c1-34(2,3)33(45)39-23-13-21(17-36-18-23)27-16-25-28(19-38-27)42-43-30(25)32-40-26-6-7-37-29(31(26)41-32)20-12-22(35)15-24(14-20)46-11-10-44-8-4-5-9-44/h6-7,12-19H,4-5,8-11H2,1-3H3,(H,39,45)(H,40,41)(H,42,43). The molecule has 0 saturated carbocycles. The van der Waals surface area contributed by atoms with Gasteiger partial charge in [-0.2, -0.15) is 5.10 Å². The van der Waals surface area contributed by atoms with Gasteiger partial charge in [0.25, 0.3) is 0 Å². The number of aromatic nitrogens is 7. The molecule has 1 aliphatic heterocycles. The third-order valence-electron chi connectivity index (χ3n) is 8.07. The summed E-state index contributed by atoms with van der Waals surface area (Å²) in [7, 11) is 0. The molecule has 12 heteroatoms. The van der Waals surface area contributed by atoms with Crippen molar-refractivity contribution in [3.63, 3.8) is 0 Å². The normalized spacial score (nSPS) is 13.9. The number of hydrogen-bond acceptors (Lipinski definition) is 8. The number of fused-ring (bicyclic) bond motifs is 2. The van der Waals surface area contributed by atoms with E-state index < -0.39 is 11.2 Å². The maximum absolute atomic E-state index is 14.8. The van der Waals surface area contributed by atoms with Gasteiger partial charge in [0, 0.05) is 46.9 Å². The molecule has 3 N–H and O–H groups in total. The fourth-order valence-electron chi connectivity index (χ4n) is 5.56. The zero-order valence-corrected chi connectivity index (χ0v) is 25.9. The average molecular weight is 620 g/mol. The number of halogens is 1. The predicted octanol–water partition coefficient (Wildman–Crippen LogP) is 6.22. The molecule has 1 saturated heterocycles. The molecule has 11 nitrogen and oxygen atoms in total. The molecule has 1 amide bonds. The number of rotatable bonds is 8. The lowest BCUT2D eigenvalue weighted by atomic mass is 9.95. The minimum absolute atomic E-state index is 0.106. The van der Waals surface area contributed by atoms with Gasteiger partial charge >= 0.3 is 0 Å². The van der Waals surface area contributed by atoms with Crippen LogP contribution < -0.4 is 10.1 Å². The number of aromatic amines is 2. The molecule has 1 aromatic carbocycles. The van der Waals surface area contributed by atoms with Gasteiger partial charge in [-0.15, -0.1) is 0 Å². The zero-order valence-electron chi connectivity index (χ0n) is 25.9. The number of benzene rings is 1. The van der Waals surface area contributed by atoms with E-state index in [9.17, 15) is 9.18 Å². The van der Waals surface area contributed by atoms with E-state index in [0.717, 1.165) is 41.6 Å². The number of likely N-dealkylation sites (tertiary alicyclic amines) is 1. The van der Waals surface area contributed by atoms with E-state index in [2.05, 4.69) is 40.3 Å². The number of carbonyl (C=O) groups is 1. The lowest BCUT2D eigenvalue weighted by molar-refractivity contribution is -0.123. The van der Waals surface area contributed by atoms with E-state index in [1.807, 2.05) is 39.0 Å². The van der Waals surface area contributed by atoms with Crippen LogP contribution in [0.1, 0.15) is 33.6 Å². The summed E-state index contributed by atoms with van der Waals surface area (Å²) in [6.07, 6.45) is 9.10. The molecule has 0 spiro atoms. The first kappa shape index (κ1) is 29.5. The fourth-order valence-corrected chi connectivity index (χ4v) is 5.56. The van der Waals surface area contributed by atoms with Crippen LogP contribution in [0.15, 0.2) is 61.2 Å². The van der Waals surface area contributed by atoms with E-state index in [1.54, 1.807) is 30.9 Å². The summed E-state index contributed by atoms with van der Waals surface area (Å²) in [5.41, 5.74) is 5.18. The van der Waals surface area contributed by atoms with Crippen molar-refractivity contribution in [1.29, 1.82) is 0 Å². The van der Waals surface area contributed by atoms with Crippen LogP contribution in [0.5, 0.6) is 5.75 Å². The van der Waals surface area contributed by atoms with E-state index in [-0.39, 0.29) is 5.91 Å². The Morgan fingerprint density at radius 1 is 1.00 bits per heavy atom. The lowest BCUT2D eigenvalue weighted by Gasteiger charge is -2.17. The van der Waals surface area contributed by atoms with Crippen molar-refractivity contribution in [2.45, 2.75) is 33.6 Å². The van der Waals surface area contributed by atoms with Crippen molar-refractivity contribution in [2.24, 2.45) is 5.41 Å². The number of nitrogens with zero attached hydrogens (tertiary/aromatic N) is 6. The zero-order chi connectivity index (χ0) is 31.8. The number of anilines is 1. The molecule has 0 radical (unpaired) electrons. The Kier molecular flexibility index (Phi) is 7.65. The van der Waals surface area contributed by atoms with Gasteiger partial charge in [-0.05, 0) is 56.3 Å². The minimum atomic E-state index is -0.543. The lowest BCUT2D eigenvalue weighted by Crippen LogP contribution is -2.27. The third-order valence-corrected chi connectivity index (χ3v) is 8.07. The number of H-pyrrole nitrogens is 2. The predicted molar refractivity (Wildman–Crippen MR) is 175 cm³/mol. The Morgan fingerprint density at radius 3 is 2.67 bits per heavy atom.